The average Bonchev–Trinajstić information content (AvgIpc) is 2.81. The molecular formula is C16H14N2O2. The molecular weight excluding hydrogens is 252 g/mol. The van der Waals surface area contributed by atoms with Crippen molar-refractivity contribution in [1.82, 2.24) is 4.98 Å². The Morgan fingerprint density at radius 3 is 2.70 bits per heavy atom. The van der Waals surface area contributed by atoms with Gasteiger partial charge in [-0.1, -0.05) is 12.1 Å². The predicted molar refractivity (Wildman–Crippen MR) is 77.9 cm³/mol. The summed E-state index contributed by atoms with van der Waals surface area (Å²) in [5.74, 6) is 0.512. The van der Waals surface area contributed by atoms with E-state index in [1.807, 2.05) is 44.2 Å². The van der Waals surface area contributed by atoms with E-state index in [1.54, 1.807) is 12.3 Å². The van der Waals surface area contributed by atoms with Gasteiger partial charge < -0.3 is 9.73 Å². The minimum atomic E-state index is -0.294. The largest absolute Gasteiger partial charge is 0.451 e. The number of hydrogen-bond donors (Lipinski definition) is 1. The number of aromatic nitrogens is 1. The van der Waals surface area contributed by atoms with Crippen molar-refractivity contribution in [3.8, 4) is 0 Å². The van der Waals surface area contributed by atoms with E-state index in [0.29, 0.717) is 11.4 Å². The maximum absolute atomic E-state index is 12.1. The van der Waals surface area contributed by atoms with Crippen molar-refractivity contribution in [1.29, 1.82) is 0 Å². The normalized spacial score (nSPS) is 10.7. The number of furan rings is 1. The fourth-order valence-corrected chi connectivity index (χ4v) is 2.03. The van der Waals surface area contributed by atoms with Crippen molar-refractivity contribution in [2.24, 2.45) is 0 Å². The van der Waals surface area contributed by atoms with Crippen LogP contribution in [0.1, 0.15) is 21.7 Å². The first kappa shape index (κ1) is 12.4. The molecule has 0 unspecified atom stereocenters. The Bertz CT molecular complexity index is 790. The van der Waals surface area contributed by atoms with Gasteiger partial charge in [0.05, 0.1) is 0 Å². The van der Waals surface area contributed by atoms with E-state index in [0.717, 1.165) is 16.5 Å². The summed E-state index contributed by atoms with van der Waals surface area (Å²) in [4.78, 5) is 16.2. The van der Waals surface area contributed by atoms with Gasteiger partial charge in [-0.2, -0.15) is 0 Å². The molecule has 0 atom stereocenters. The second-order valence-corrected chi connectivity index (χ2v) is 4.82. The van der Waals surface area contributed by atoms with Crippen molar-refractivity contribution < 1.29 is 9.21 Å². The number of nitrogens with one attached hydrogen (secondary N) is 1. The summed E-state index contributed by atoms with van der Waals surface area (Å²) in [7, 11) is 0. The van der Waals surface area contributed by atoms with Crippen LogP contribution >= 0.6 is 0 Å². The fraction of sp³-hybridized carbons (Fsp3) is 0.125. The number of rotatable bonds is 2. The first-order chi connectivity index (χ1) is 9.61. The molecule has 3 aromatic rings. The van der Waals surface area contributed by atoms with Crippen LogP contribution in [0.15, 0.2) is 47.0 Å². The molecule has 1 N–H and O–H groups in total. The van der Waals surface area contributed by atoms with Crippen LogP contribution in [0.4, 0.5) is 5.82 Å². The molecule has 0 saturated carbocycles. The van der Waals surface area contributed by atoms with Crippen LogP contribution in [-0.2, 0) is 0 Å². The molecule has 100 valence electrons. The molecule has 0 aliphatic heterocycles. The number of hydrogen-bond acceptors (Lipinski definition) is 3. The minimum absolute atomic E-state index is 0.286. The summed E-state index contributed by atoms with van der Waals surface area (Å²) in [6.45, 7) is 3.93. The Hall–Kier alpha value is -2.62. The smallest absolute Gasteiger partial charge is 0.292 e. The third kappa shape index (κ3) is 2.40. The van der Waals surface area contributed by atoms with Gasteiger partial charge >= 0.3 is 0 Å². The maximum Gasteiger partial charge on any atom is 0.292 e. The molecule has 3 rings (SSSR count). The second-order valence-electron chi connectivity index (χ2n) is 4.82. The van der Waals surface area contributed by atoms with E-state index in [9.17, 15) is 4.79 Å². The summed E-state index contributed by atoms with van der Waals surface area (Å²) in [6, 6.07) is 11.3. The highest BCUT2D eigenvalue weighted by Gasteiger charge is 2.13. The monoisotopic (exact) mass is 266 g/mol. The number of carbonyl (C=O) groups is 1. The van der Waals surface area contributed by atoms with Crippen LogP contribution in [0, 0.1) is 13.8 Å². The molecule has 0 aliphatic rings. The fourth-order valence-electron chi connectivity index (χ4n) is 2.03. The Morgan fingerprint density at radius 2 is 1.90 bits per heavy atom. The number of anilines is 1. The van der Waals surface area contributed by atoms with E-state index in [4.69, 9.17) is 4.42 Å². The SMILES string of the molecule is Cc1ccnc(NC(=O)c2cc3ccc(C)cc3o2)c1. The molecule has 2 aromatic heterocycles. The topological polar surface area (TPSA) is 55.1 Å². The van der Waals surface area contributed by atoms with Crippen LogP contribution in [0.3, 0.4) is 0 Å². The molecule has 4 nitrogen and oxygen atoms in total. The zero-order valence-corrected chi connectivity index (χ0v) is 11.3. The minimum Gasteiger partial charge on any atom is -0.451 e. The van der Waals surface area contributed by atoms with Crippen LogP contribution in [-0.4, -0.2) is 10.9 Å². The van der Waals surface area contributed by atoms with Crippen molar-refractivity contribution in [3.63, 3.8) is 0 Å². The van der Waals surface area contributed by atoms with E-state index in [2.05, 4.69) is 10.3 Å². The zero-order chi connectivity index (χ0) is 14.1. The van der Waals surface area contributed by atoms with Gasteiger partial charge in [0.15, 0.2) is 5.76 Å². The van der Waals surface area contributed by atoms with Crippen LogP contribution in [0.25, 0.3) is 11.0 Å². The lowest BCUT2D eigenvalue weighted by molar-refractivity contribution is 0.0998. The van der Waals surface area contributed by atoms with Crippen LogP contribution < -0.4 is 5.32 Å². The third-order valence-electron chi connectivity index (χ3n) is 3.06. The molecule has 1 aromatic carbocycles. The number of amides is 1. The Kier molecular flexibility index (Phi) is 2.99. The van der Waals surface area contributed by atoms with E-state index >= 15 is 0 Å². The first-order valence-corrected chi connectivity index (χ1v) is 6.36. The second kappa shape index (κ2) is 4.81. The van der Waals surface area contributed by atoms with Crippen molar-refractivity contribution in [3.05, 3.63) is 59.5 Å². The molecule has 1 amide bonds. The highest BCUT2D eigenvalue weighted by Crippen LogP contribution is 2.21. The number of fused-ring (bicyclic) bond motifs is 1. The Balaban J connectivity index is 1.88. The standard InChI is InChI=1S/C16H14N2O2/c1-10-3-4-12-9-14(20-13(12)7-10)16(19)18-15-8-11(2)5-6-17-15/h3-9H,1-2H3,(H,17,18,19). The van der Waals surface area contributed by atoms with E-state index in [1.165, 1.54) is 0 Å². The number of pyridine rings is 1. The summed E-state index contributed by atoms with van der Waals surface area (Å²) < 4.78 is 5.57. The van der Waals surface area contributed by atoms with Crippen molar-refractivity contribution in [2.45, 2.75) is 13.8 Å². The van der Waals surface area contributed by atoms with E-state index in [-0.39, 0.29) is 11.7 Å². The zero-order valence-electron chi connectivity index (χ0n) is 11.3. The summed E-state index contributed by atoms with van der Waals surface area (Å²) in [5, 5.41) is 3.65. The molecule has 0 saturated heterocycles. The number of aryl methyl sites for hydroxylation is 2. The van der Waals surface area contributed by atoms with Crippen LogP contribution in [0.5, 0.6) is 0 Å². The van der Waals surface area contributed by atoms with Gasteiger partial charge in [-0.15, -0.1) is 0 Å². The Morgan fingerprint density at radius 1 is 1.10 bits per heavy atom. The summed E-state index contributed by atoms with van der Waals surface area (Å²) in [6.07, 6.45) is 1.66. The van der Waals surface area contributed by atoms with Gasteiger partial charge in [-0.3, -0.25) is 4.79 Å². The van der Waals surface area contributed by atoms with Gasteiger partial charge in [-0.05, 0) is 49.2 Å². The van der Waals surface area contributed by atoms with Gasteiger partial charge in [0, 0.05) is 11.6 Å². The summed E-state index contributed by atoms with van der Waals surface area (Å²) in [5.41, 5.74) is 2.85. The molecule has 4 heteroatoms. The lowest BCUT2D eigenvalue weighted by Crippen LogP contribution is -2.11. The lowest BCUT2D eigenvalue weighted by atomic mass is 10.2. The first-order valence-electron chi connectivity index (χ1n) is 6.36. The van der Waals surface area contributed by atoms with Crippen molar-refractivity contribution in [2.75, 3.05) is 5.32 Å². The molecule has 2 heterocycles. The molecule has 0 bridgehead atoms. The summed E-state index contributed by atoms with van der Waals surface area (Å²) >= 11 is 0. The Labute approximate surface area is 116 Å². The van der Waals surface area contributed by atoms with Crippen LogP contribution in [0.2, 0.25) is 0 Å². The maximum atomic E-state index is 12.1. The molecule has 0 radical (unpaired) electrons. The highest BCUT2D eigenvalue weighted by atomic mass is 16.3. The number of carbonyl (C=O) groups excluding carboxylic acids is 1. The van der Waals surface area contributed by atoms with Gasteiger partial charge in [0.2, 0.25) is 0 Å². The molecule has 20 heavy (non-hydrogen) atoms. The number of benzene rings is 1. The van der Waals surface area contributed by atoms with E-state index < -0.39 is 0 Å². The average molecular weight is 266 g/mol. The highest BCUT2D eigenvalue weighted by molar-refractivity contribution is 6.04. The van der Waals surface area contributed by atoms with Gasteiger partial charge in [0.25, 0.3) is 5.91 Å². The molecule has 0 fully saturated rings. The molecule has 0 aliphatic carbocycles. The van der Waals surface area contributed by atoms with Crippen molar-refractivity contribution >= 4 is 22.7 Å². The van der Waals surface area contributed by atoms with Gasteiger partial charge in [-0.25, -0.2) is 4.98 Å². The molecule has 0 spiro atoms. The number of nitrogens with zero attached hydrogens (tertiary/aromatic N) is 1. The third-order valence-corrected chi connectivity index (χ3v) is 3.06. The van der Waals surface area contributed by atoms with Gasteiger partial charge in [0.1, 0.15) is 11.4 Å². The quantitative estimate of drug-likeness (QED) is 0.769. The lowest BCUT2D eigenvalue weighted by Gasteiger charge is -2.02. The predicted octanol–water partition coefficient (Wildman–Crippen LogP) is 3.70.